The van der Waals surface area contributed by atoms with Crippen LogP contribution in [-0.2, 0) is 20.1 Å². The van der Waals surface area contributed by atoms with Gasteiger partial charge in [0.1, 0.15) is 5.82 Å². The fourth-order valence-electron chi connectivity index (χ4n) is 5.58. The standard InChI is InChI=1S/C24H15FNS.C18H24GeN.Ir/c1-15-13-21(26-14-19(15)16-7-3-2-4-8-16)17-9-5-10-18-23-20(25)11-6-12-22(23)27-24(17)18;1-13(2)16-11-18(15-9-7-14(3)8-10-15)20-12-17(16)19(4,5)6;/h2-8,10-14H,1H3;7-9,11-13H,1-6H3;/q2*-1;/i1D3;3D3,13D;. The van der Waals surface area contributed by atoms with Crippen LogP contribution < -0.4 is 4.40 Å². The largest absolute Gasteiger partial charge is 0.304 e. The van der Waals surface area contributed by atoms with Crippen molar-refractivity contribution in [3.63, 3.8) is 0 Å². The van der Waals surface area contributed by atoms with Gasteiger partial charge >= 0.3 is 131 Å². The quantitative estimate of drug-likeness (QED) is 0.127. The molecule has 7 aromatic rings. The van der Waals surface area contributed by atoms with Crippen molar-refractivity contribution in [1.29, 1.82) is 0 Å². The van der Waals surface area contributed by atoms with Crippen LogP contribution in [-0.4, -0.2) is 23.2 Å². The van der Waals surface area contributed by atoms with Gasteiger partial charge in [-0.1, -0.05) is 47.9 Å². The fourth-order valence-corrected chi connectivity index (χ4v) is 10.1. The summed E-state index contributed by atoms with van der Waals surface area (Å²) in [4.78, 5) is 9.15. The molecule has 0 N–H and O–H groups in total. The van der Waals surface area contributed by atoms with Gasteiger partial charge in [-0.05, 0) is 40.5 Å². The van der Waals surface area contributed by atoms with Crippen molar-refractivity contribution in [1.82, 2.24) is 9.97 Å². The van der Waals surface area contributed by atoms with Crippen molar-refractivity contribution in [3.05, 3.63) is 138 Å². The zero-order valence-electron chi connectivity index (χ0n) is 34.3. The molecule has 0 fully saturated rings. The molecule has 3 aromatic heterocycles. The van der Waals surface area contributed by atoms with Crippen LogP contribution in [0.2, 0.25) is 17.3 Å². The van der Waals surface area contributed by atoms with Gasteiger partial charge in [-0.25, -0.2) is 4.39 Å². The molecule has 245 valence electrons. The number of halogens is 1. The van der Waals surface area contributed by atoms with Crippen LogP contribution in [0.5, 0.6) is 0 Å². The molecule has 0 aliphatic heterocycles. The number of pyridine rings is 2. The molecule has 48 heavy (non-hydrogen) atoms. The van der Waals surface area contributed by atoms with E-state index in [2.05, 4.69) is 39.4 Å². The van der Waals surface area contributed by atoms with Crippen molar-refractivity contribution in [3.8, 4) is 33.6 Å². The molecule has 0 spiro atoms. The van der Waals surface area contributed by atoms with E-state index in [1.165, 1.54) is 27.9 Å². The van der Waals surface area contributed by atoms with Crippen LogP contribution in [0, 0.1) is 31.7 Å². The first kappa shape index (κ1) is 27.4. The number of hydrogen-bond acceptors (Lipinski definition) is 3. The molecule has 0 atom stereocenters. The number of aromatic nitrogens is 2. The van der Waals surface area contributed by atoms with Gasteiger partial charge in [0.25, 0.3) is 0 Å². The second-order valence-electron chi connectivity index (χ2n) is 12.6. The van der Waals surface area contributed by atoms with Crippen molar-refractivity contribution >= 4 is 49.2 Å². The summed E-state index contributed by atoms with van der Waals surface area (Å²) in [5.41, 5.74) is 5.57. The van der Waals surface area contributed by atoms with E-state index < -0.39 is 32.9 Å². The number of thiophene rings is 1. The van der Waals surface area contributed by atoms with Gasteiger partial charge < -0.3 is 4.98 Å². The summed E-state index contributed by atoms with van der Waals surface area (Å²) in [5.74, 6) is 5.91. The molecule has 0 saturated carbocycles. The minimum absolute atomic E-state index is 0. The van der Waals surface area contributed by atoms with E-state index in [1.807, 2.05) is 68.6 Å². The van der Waals surface area contributed by atoms with E-state index in [4.69, 9.17) is 9.60 Å². The molecule has 2 nitrogen and oxygen atoms in total. The van der Waals surface area contributed by atoms with Crippen molar-refractivity contribution in [2.75, 3.05) is 0 Å². The molecule has 0 amide bonds. The first-order chi connectivity index (χ1) is 25.2. The SMILES string of the molecule is [2H]C([2H])([2H])c1c[c-]c(-c2cc(C([2H])(C)C)[c]([Ge]([CH3])([CH3])[CH3])cn2)cc1.[2H]C([2H])([2H])c1cc(-c2[c-]ccc3c2sc2cccc(F)c23)ncc1-c1ccccc1.[Ir]. The van der Waals surface area contributed by atoms with E-state index in [9.17, 15) is 4.39 Å². The number of fused-ring (bicyclic) bond motifs is 3. The van der Waals surface area contributed by atoms with Gasteiger partial charge in [0.2, 0.25) is 0 Å². The zero-order valence-corrected chi connectivity index (χ0v) is 32.6. The maximum Gasteiger partial charge on any atom is 0.130 e. The Hall–Kier alpha value is -3.48. The molecule has 0 unspecified atom stereocenters. The van der Waals surface area contributed by atoms with Crippen LogP contribution in [0.25, 0.3) is 53.8 Å². The maximum atomic E-state index is 14.5. The normalized spacial score (nSPS) is 14.2. The van der Waals surface area contributed by atoms with Gasteiger partial charge in [0.15, 0.2) is 0 Å². The van der Waals surface area contributed by atoms with Gasteiger partial charge in [-0.2, -0.15) is 11.3 Å². The van der Waals surface area contributed by atoms with Gasteiger partial charge in [-0.15, -0.1) is 23.8 Å². The molecule has 6 heteroatoms. The third-order valence-electron chi connectivity index (χ3n) is 7.99. The zero-order chi connectivity index (χ0) is 39.2. The number of benzene rings is 4. The Kier molecular flexibility index (Phi) is 8.53. The third-order valence-corrected chi connectivity index (χ3v) is 13.4. The predicted molar refractivity (Wildman–Crippen MR) is 202 cm³/mol. The van der Waals surface area contributed by atoms with Gasteiger partial charge in [0, 0.05) is 46.1 Å². The Labute approximate surface area is 314 Å². The number of aryl methyl sites for hydroxylation is 2. The first-order valence-corrected chi connectivity index (χ1v) is 23.5. The van der Waals surface area contributed by atoms with Crippen LogP contribution in [0.1, 0.15) is 46.0 Å². The molecule has 0 saturated heterocycles. The van der Waals surface area contributed by atoms with E-state index in [-0.39, 0.29) is 37.0 Å². The molecule has 7 rings (SSSR count). The molecule has 0 aliphatic rings. The molecule has 1 radical (unpaired) electrons. The fraction of sp³-hybridized carbons (Fsp3) is 0.190. The van der Waals surface area contributed by atoms with Crippen LogP contribution in [0.4, 0.5) is 4.39 Å². The van der Waals surface area contributed by atoms with E-state index in [0.717, 1.165) is 37.2 Å². The summed E-state index contributed by atoms with van der Waals surface area (Å²) in [6, 6.07) is 32.6. The average molecular weight is 895 g/mol. The molecular formula is C42H39FGeIrN2S-2. The van der Waals surface area contributed by atoms with Crippen LogP contribution in [0.3, 0.4) is 0 Å². The second kappa shape index (κ2) is 15.0. The third kappa shape index (κ3) is 7.55. The van der Waals surface area contributed by atoms with E-state index >= 15 is 0 Å². The number of hydrogen-bond donors (Lipinski definition) is 0. The average Bonchev–Trinajstić information content (AvgIpc) is 3.51. The number of nitrogens with zero attached hydrogens (tertiary/aromatic N) is 2. The van der Waals surface area contributed by atoms with Crippen molar-refractivity contribution in [2.24, 2.45) is 0 Å². The second-order valence-corrected chi connectivity index (χ2v) is 24.3. The predicted octanol–water partition coefficient (Wildman–Crippen LogP) is 11.6. The summed E-state index contributed by atoms with van der Waals surface area (Å²) in [6.07, 6.45) is 3.51. The summed E-state index contributed by atoms with van der Waals surface area (Å²) >= 11 is -0.681. The molecule has 0 aliphatic carbocycles. The molecule has 3 heterocycles. The van der Waals surface area contributed by atoms with Crippen molar-refractivity contribution in [2.45, 2.75) is 50.7 Å². The van der Waals surface area contributed by atoms with Gasteiger partial charge in [0.05, 0.1) is 0 Å². The Morgan fingerprint density at radius 1 is 0.875 bits per heavy atom. The summed E-state index contributed by atoms with van der Waals surface area (Å²) in [7, 11) is 0. The molecular weight excluding hydrogens is 848 g/mol. The van der Waals surface area contributed by atoms with E-state index in [0.29, 0.717) is 22.2 Å². The Morgan fingerprint density at radius 3 is 2.35 bits per heavy atom. The van der Waals surface area contributed by atoms with Crippen LogP contribution in [0.15, 0.2) is 103 Å². The summed E-state index contributed by atoms with van der Waals surface area (Å²) < 4.78 is 72.3. The maximum absolute atomic E-state index is 14.5. The Morgan fingerprint density at radius 2 is 1.67 bits per heavy atom. The van der Waals surface area contributed by atoms with Crippen molar-refractivity contribution < 1.29 is 34.1 Å². The number of rotatable bonds is 5. The minimum Gasteiger partial charge on any atom is -0.304 e. The van der Waals surface area contributed by atoms with E-state index in [1.54, 1.807) is 36.5 Å². The van der Waals surface area contributed by atoms with Crippen LogP contribution >= 0.6 is 11.3 Å². The topological polar surface area (TPSA) is 25.8 Å². The first-order valence-electron chi connectivity index (χ1n) is 18.8. The molecule has 0 bridgehead atoms. The Balaban J connectivity index is 0.000000213. The monoisotopic (exact) mass is 896 g/mol. The summed E-state index contributed by atoms with van der Waals surface area (Å²) in [6.45, 7) is -0.639. The Bertz CT molecular complexity index is 2450. The molecule has 4 aromatic carbocycles. The smallest absolute Gasteiger partial charge is 0.130 e. The summed E-state index contributed by atoms with van der Waals surface area (Å²) in [5, 5.41) is 1.36. The minimum atomic E-state index is -2.30. The van der Waals surface area contributed by atoms with Gasteiger partial charge in [-0.3, -0.25) is 0 Å².